The molecular formula is C7H15N2O3+. The van der Waals surface area contributed by atoms with Crippen molar-refractivity contribution in [2.75, 3.05) is 0 Å². The lowest BCUT2D eigenvalue weighted by Crippen LogP contribution is -2.65. The number of ether oxygens (including phenoxy) is 1. The molecule has 0 aliphatic rings. The minimum absolute atomic E-state index is 0.0320. The Hall–Kier alpha value is -1.10. The number of hydrogen-bond acceptors (Lipinski definition) is 3. The van der Waals surface area contributed by atoms with Crippen LogP contribution >= 0.6 is 0 Å². The molecule has 0 aliphatic carbocycles. The van der Waals surface area contributed by atoms with Crippen LogP contribution in [0.5, 0.6) is 0 Å². The largest absolute Gasteiger partial charge is 0.456 e. The monoisotopic (exact) mass is 175 g/mol. The van der Waals surface area contributed by atoms with Gasteiger partial charge in [-0.1, -0.05) is 0 Å². The summed E-state index contributed by atoms with van der Waals surface area (Å²) >= 11 is 0. The van der Waals surface area contributed by atoms with Crippen LogP contribution in [-0.2, 0) is 14.3 Å². The number of amides is 1. The van der Waals surface area contributed by atoms with E-state index in [1.54, 1.807) is 6.92 Å². The Morgan fingerprint density at radius 3 is 2.33 bits per heavy atom. The lowest BCUT2D eigenvalue weighted by molar-refractivity contribution is -0.431. The van der Waals surface area contributed by atoms with Crippen LogP contribution in [0.2, 0.25) is 0 Å². The second-order valence-corrected chi connectivity index (χ2v) is 2.80. The molecule has 2 atom stereocenters. The van der Waals surface area contributed by atoms with E-state index in [4.69, 9.17) is 10.5 Å². The van der Waals surface area contributed by atoms with E-state index < -0.39 is 18.0 Å². The highest BCUT2D eigenvalue weighted by molar-refractivity contribution is 5.75. The Kier molecular flexibility index (Phi) is 4.28. The van der Waals surface area contributed by atoms with E-state index in [1.807, 2.05) is 0 Å². The maximum absolute atomic E-state index is 10.5. The number of nitrogens with two attached hydrogens (primary N) is 1. The first kappa shape index (κ1) is 10.9. The highest BCUT2D eigenvalue weighted by Crippen LogP contribution is 2.01. The van der Waals surface area contributed by atoms with Gasteiger partial charge in [0.15, 0.2) is 6.10 Å². The Morgan fingerprint density at radius 2 is 2.08 bits per heavy atom. The molecule has 0 rings (SSSR count). The Bertz CT molecular complexity index is 163. The van der Waals surface area contributed by atoms with Crippen LogP contribution < -0.4 is 11.5 Å². The highest BCUT2D eigenvalue weighted by Gasteiger charge is 2.21. The topological polar surface area (TPSA) is 97.0 Å². The molecule has 0 saturated heterocycles. The fourth-order valence-corrected chi connectivity index (χ4v) is 0.770. The summed E-state index contributed by atoms with van der Waals surface area (Å²) in [6, 6.07) is -0.138. The van der Waals surface area contributed by atoms with Crippen molar-refractivity contribution < 1.29 is 20.1 Å². The van der Waals surface area contributed by atoms with Crippen molar-refractivity contribution in [2.24, 2.45) is 5.73 Å². The molecule has 5 nitrogen and oxygen atoms in total. The molecule has 0 aliphatic heterocycles. The third-order valence-electron chi connectivity index (χ3n) is 1.35. The van der Waals surface area contributed by atoms with Crippen molar-refractivity contribution >= 4 is 11.9 Å². The molecule has 5 N–H and O–H groups in total. The zero-order valence-corrected chi connectivity index (χ0v) is 7.37. The van der Waals surface area contributed by atoms with Crippen LogP contribution in [0.15, 0.2) is 0 Å². The van der Waals surface area contributed by atoms with Crippen molar-refractivity contribution in [1.82, 2.24) is 0 Å². The molecule has 0 aromatic heterocycles. The number of carbonyl (C=O) groups excluding carboxylic acids is 2. The van der Waals surface area contributed by atoms with Gasteiger partial charge >= 0.3 is 5.97 Å². The normalized spacial score (nSPS) is 14.9. The lowest BCUT2D eigenvalue weighted by atomic mass is 10.1. The second-order valence-electron chi connectivity index (χ2n) is 2.80. The molecule has 0 heterocycles. The summed E-state index contributed by atoms with van der Waals surface area (Å²) in [5.41, 5.74) is 8.61. The molecule has 0 spiro atoms. The second kappa shape index (κ2) is 4.71. The Labute approximate surface area is 71.0 Å². The molecule has 0 aromatic rings. The SMILES string of the molecule is CC(=O)OC(CC(N)=O)C(C)[NH3+]. The van der Waals surface area contributed by atoms with Crippen LogP contribution in [0.1, 0.15) is 20.3 Å². The van der Waals surface area contributed by atoms with Gasteiger partial charge in [-0.15, -0.1) is 0 Å². The van der Waals surface area contributed by atoms with Crippen molar-refractivity contribution in [3.05, 3.63) is 0 Å². The zero-order chi connectivity index (χ0) is 9.72. The summed E-state index contributed by atoms with van der Waals surface area (Å²) in [7, 11) is 0. The molecule has 2 unspecified atom stereocenters. The summed E-state index contributed by atoms with van der Waals surface area (Å²) in [5, 5.41) is 0. The van der Waals surface area contributed by atoms with E-state index in [0.717, 1.165) is 0 Å². The predicted octanol–water partition coefficient (Wildman–Crippen LogP) is -1.58. The fourth-order valence-electron chi connectivity index (χ4n) is 0.770. The standard InChI is InChI=1S/C7H14N2O3/c1-4(8)6(3-7(9)11)12-5(2)10/h4,6H,3,8H2,1-2H3,(H2,9,11)/p+1. The van der Waals surface area contributed by atoms with Gasteiger partial charge in [-0.25, -0.2) is 0 Å². The van der Waals surface area contributed by atoms with Gasteiger partial charge in [0, 0.05) is 6.92 Å². The smallest absolute Gasteiger partial charge is 0.303 e. The maximum Gasteiger partial charge on any atom is 0.303 e. The maximum atomic E-state index is 10.5. The number of primary amides is 1. The van der Waals surface area contributed by atoms with E-state index in [-0.39, 0.29) is 12.5 Å². The summed E-state index contributed by atoms with van der Waals surface area (Å²) < 4.78 is 4.82. The molecule has 0 radical (unpaired) electrons. The van der Waals surface area contributed by atoms with Gasteiger partial charge in [-0.05, 0) is 6.92 Å². The van der Waals surface area contributed by atoms with Crippen LogP contribution in [0, 0.1) is 0 Å². The van der Waals surface area contributed by atoms with Crippen LogP contribution in [-0.4, -0.2) is 24.0 Å². The molecule has 12 heavy (non-hydrogen) atoms. The van der Waals surface area contributed by atoms with Gasteiger partial charge in [0.05, 0.1) is 6.42 Å². The van der Waals surface area contributed by atoms with Gasteiger partial charge < -0.3 is 16.2 Å². The minimum atomic E-state index is -0.500. The van der Waals surface area contributed by atoms with Crippen LogP contribution in [0.4, 0.5) is 0 Å². The van der Waals surface area contributed by atoms with Crippen molar-refractivity contribution in [3.63, 3.8) is 0 Å². The lowest BCUT2D eigenvalue weighted by Gasteiger charge is -2.15. The number of hydrogen-bond donors (Lipinski definition) is 2. The van der Waals surface area contributed by atoms with Gasteiger partial charge in [-0.3, -0.25) is 9.59 Å². The fraction of sp³-hybridized carbons (Fsp3) is 0.714. The quantitative estimate of drug-likeness (QED) is 0.505. The average Bonchev–Trinajstić information content (AvgIpc) is 1.83. The minimum Gasteiger partial charge on any atom is -0.456 e. The number of quaternary nitrogens is 1. The first-order chi connectivity index (χ1) is 5.43. The third kappa shape index (κ3) is 4.68. The Morgan fingerprint density at radius 1 is 1.58 bits per heavy atom. The molecule has 0 fully saturated rings. The van der Waals surface area contributed by atoms with Gasteiger partial charge in [0.1, 0.15) is 6.04 Å². The summed E-state index contributed by atoms with van der Waals surface area (Å²) in [4.78, 5) is 21.0. The number of carbonyl (C=O) groups is 2. The molecular weight excluding hydrogens is 160 g/mol. The van der Waals surface area contributed by atoms with Gasteiger partial charge in [0.2, 0.25) is 5.91 Å². The summed E-state index contributed by atoms with van der Waals surface area (Å²) in [6.45, 7) is 3.05. The van der Waals surface area contributed by atoms with Crippen molar-refractivity contribution in [3.8, 4) is 0 Å². The van der Waals surface area contributed by atoms with E-state index in [1.165, 1.54) is 6.92 Å². The molecule has 5 heteroatoms. The predicted molar refractivity (Wildman–Crippen MR) is 41.7 cm³/mol. The highest BCUT2D eigenvalue weighted by atomic mass is 16.5. The molecule has 0 saturated carbocycles. The van der Waals surface area contributed by atoms with E-state index in [9.17, 15) is 9.59 Å². The molecule has 70 valence electrons. The summed E-state index contributed by atoms with van der Waals surface area (Å²) in [5.74, 6) is -0.909. The van der Waals surface area contributed by atoms with Gasteiger partial charge in [-0.2, -0.15) is 0 Å². The number of esters is 1. The van der Waals surface area contributed by atoms with E-state index in [0.29, 0.717) is 0 Å². The van der Waals surface area contributed by atoms with Gasteiger partial charge in [0.25, 0.3) is 0 Å². The average molecular weight is 175 g/mol. The van der Waals surface area contributed by atoms with Crippen molar-refractivity contribution in [1.29, 1.82) is 0 Å². The third-order valence-corrected chi connectivity index (χ3v) is 1.35. The first-order valence-corrected chi connectivity index (χ1v) is 3.72. The summed E-state index contributed by atoms with van der Waals surface area (Å²) in [6.07, 6.45) is -0.468. The van der Waals surface area contributed by atoms with E-state index >= 15 is 0 Å². The first-order valence-electron chi connectivity index (χ1n) is 3.72. The molecule has 0 bridgehead atoms. The van der Waals surface area contributed by atoms with Crippen LogP contribution in [0.3, 0.4) is 0 Å². The molecule has 0 aromatic carbocycles. The Balaban J connectivity index is 4.04. The van der Waals surface area contributed by atoms with E-state index in [2.05, 4.69) is 5.73 Å². The van der Waals surface area contributed by atoms with Crippen LogP contribution in [0.25, 0.3) is 0 Å². The number of rotatable bonds is 4. The molecule has 1 amide bonds. The van der Waals surface area contributed by atoms with Crippen molar-refractivity contribution in [2.45, 2.75) is 32.4 Å². The zero-order valence-electron chi connectivity index (χ0n) is 7.37.